The highest BCUT2D eigenvalue weighted by Gasteiger charge is 2.78. The molecule has 2 amide bonds. The number of rotatable bonds is 9. The molecule has 3 aliphatic rings. The van der Waals surface area contributed by atoms with Crippen LogP contribution in [-0.2, 0) is 19.1 Å². The lowest BCUT2D eigenvalue weighted by Crippen LogP contribution is -2.60. The highest BCUT2D eigenvalue weighted by atomic mass is 32.2. The van der Waals surface area contributed by atoms with E-state index in [0.29, 0.717) is 19.4 Å². The molecule has 3 heterocycles. The summed E-state index contributed by atoms with van der Waals surface area (Å²) in [5.41, 5.74) is -0.481. The highest BCUT2D eigenvalue weighted by Crippen LogP contribution is 2.71. The molecule has 3 rings (SSSR count). The van der Waals surface area contributed by atoms with Crippen molar-refractivity contribution in [3.63, 3.8) is 0 Å². The van der Waals surface area contributed by atoms with E-state index in [0.717, 1.165) is 6.42 Å². The first-order valence-corrected chi connectivity index (χ1v) is 12.5. The van der Waals surface area contributed by atoms with Crippen molar-refractivity contribution in [3.8, 4) is 0 Å². The predicted molar refractivity (Wildman–Crippen MR) is 130 cm³/mol. The second-order valence-corrected chi connectivity index (χ2v) is 12.6. The molecule has 1 N–H and O–H groups in total. The summed E-state index contributed by atoms with van der Waals surface area (Å²) in [5, 5.41) is 9.97. The largest absolute Gasteiger partial charge is 0.465 e. The molecule has 0 aliphatic carbocycles. The third kappa shape index (κ3) is 4.03. The van der Waals surface area contributed by atoms with E-state index in [1.54, 1.807) is 40.6 Å². The van der Waals surface area contributed by atoms with E-state index in [1.807, 2.05) is 27.7 Å². The molecule has 3 fully saturated rings. The normalized spacial score (nSPS) is 33.6. The first-order valence-electron chi connectivity index (χ1n) is 11.7. The zero-order valence-corrected chi connectivity index (χ0v) is 21.3. The Balaban J connectivity index is 2.08. The minimum absolute atomic E-state index is 0.157. The highest BCUT2D eigenvalue weighted by molar-refractivity contribution is 8.02. The Morgan fingerprint density at radius 3 is 2.55 bits per heavy atom. The number of hydrogen-bond donors (Lipinski definition) is 1. The van der Waals surface area contributed by atoms with Crippen LogP contribution < -0.4 is 0 Å². The zero-order valence-electron chi connectivity index (χ0n) is 20.5. The van der Waals surface area contributed by atoms with Crippen molar-refractivity contribution in [3.05, 3.63) is 25.3 Å². The molecule has 33 heavy (non-hydrogen) atoms. The Labute approximate surface area is 201 Å². The third-order valence-corrected chi connectivity index (χ3v) is 9.38. The fourth-order valence-corrected chi connectivity index (χ4v) is 8.19. The molecule has 1 spiro atoms. The fourth-order valence-electron chi connectivity index (χ4n) is 5.87. The standard InChI is InChI=1S/C25H38N2O5S/c1-8-10-14-32-22(31)18-17-20(29)27(16(3)15-28)19(25(17)12-11-24(18,7)33-25)21(30)26(13-9-2)23(4,5)6/h8-9,16-19,28H,1-2,10-15H2,3-7H3/t16-,17+,18-,19?,24+,25?/m1/s1. The lowest BCUT2D eigenvalue weighted by atomic mass is 9.66. The Morgan fingerprint density at radius 1 is 1.33 bits per heavy atom. The number of thioether (sulfide) groups is 1. The summed E-state index contributed by atoms with van der Waals surface area (Å²) in [5.74, 6) is -2.04. The van der Waals surface area contributed by atoms with Crippen molar-refractivity contribution in [1.82, 2.24) is 9.80 Å². The number of nitrogens with zero attached hydrogens (tertiary/aromatic N) is 2. The summed E-state index contributed by atoms with van der Waals surface area (Å²) in [7, 11) is 0. The summed E-state index contributed by atoms with van der Waals surface area (Å²) < 4.78 is 4.35. The van der Waals surface area contributed by atoms with Crippen molar-refractivity contribution < 1.29 is 24.2 Å². The van der Waals surface area contributed by atoms with Crippen LogP contribution in [0.1, 0.15) is 53.9 Å². The predicted octanol–water partition coefficient (Wildman–Crippen LogP) is 2.78. The van der Waals surface area contributed by atoms with E-state index >= 15 is 0 Å². The number of likely N-dealkylation sites (tertiary alicyclic amines) is 1. The van der Waals surface area contributed by atoms with Gasteiger partial charge in [-0.2, -0.15) is 0 Å². The van der Waals surface area contributed by atoms with Crippen LogP contribution in [0, 0.1) is 11.8 Å². The second kappa shape index (κ2) is 9.10. The number of amides is 2. The number of carbonyl (C=O) groups excluding carboxylic acids is 3. The number of esters is 1. The molecule has 2 unspecified atom stereocenters. The smallest absolute Gasteiger partial charge is 0.311 e. The minimum atomic E-state index is -0.755. The topological polar surface area (TPSA) is 87.1 Å². The van der Waals surface area contributed by atoms with Gasteiger partial charge >= 0.3 is 5.97 Å². The average Bonchev–Trinajstić information content (AvgIpc) is 3.31. The Hall–Kier alpha value is -1.80. The van der Waals surface area contributed by atoms with Gasteiger partial charge in [0.25, 0.3) is 0 Å². The van der Waals surface area contributed by atoms with Gasteiger partial charge in [0.05, 0.1) is 35.8 Å². The van der Waals surface area contributed by atoms with Gasteiger partial charge < -0.3 is 19.6 Å². The van der Waals surface area contributed by atoms with Gasteiger partial charge in [0.15, 0.2) is 0 Å². The summed E-state index contributed by atoms with van der Waals surface area (Å²) in [6.07, 6.45) is 5.31. The molecule has 3 aliphatic heterocycles. The van der Waals surface area contributed by atoms with Crippen molar-refractivity contribution >= 4 is 29.5 Å². The van der Waals surface area contributed by atoms with Gasteiger partial charge in [-0.25, -0.2) is 0 Å². The first-order chi connectivity index (χ1) is 15.4. The van der Waals surface area contributed by atoms with Crippen LogP contribution in [0.5, 0.6) is 0 Å². The maximum atomic E-state index is 14.1. The zero-order chi connectivity index (χ0) is 24.8. The number of fused-ring (bicyclic) bond motifs is 1. The quantitative estimate of drug-likeness (QED) is 0.312. The van der Waals surface area contributed by atoms with Crippen LogP contribution in [0.4, 0.5) is 0 Å². The molecule has 0 aromatic heterocycles. The van der Waals surface area contributed by atoms with Gasteiger partial charge in [-0.3, -0.25) is 14.4 Å². The number of aliphatic hydroxyl groups is 1. The summed E-state index contributed by atoms with van der Waals surface area (Å²) in [6.45, 7) is 17.4. The summed E-state index contributed by atoms with van der Waals surface area (Å²) >= 11 is 1.61. The summed E-state index contributed by atoms with van der Waals surface area (Å²) in [4.78, 5) is 44.5. The SMILES string of the molecule is C=CCCOC(=O)[C@H]1[C@H]2C(=O)N([C@H](C)CO)C(C(=O)N(CC=C)C(C)(C)C)C23CC[C@]1(C)S3. The molecule has 0 radical (unpaired) electrons. The molecule has 2 bridgehead atoms. The minimum Gasteiger partial charge on any atom is -0.465 e. The van der Waals surface area contributed by atoms with Gasteiger partial charge in [0.2, 0.25) is 11.8 Å². The van der Waals surface area contributed by atoms with Gasteiger partial charge in [0, 0.05) is 16.8 Å². The fraction of sp³-hybridized carbons (Fsp3) is 0.720. The Kier molecular flexibility index (Phi) is 7.12. The molecule has 7 nitrogen and oxygen atoms in total. The maximum absolute atomic E-state index is 14.1. The molecule has 8 heteroatoms. The lowest BCUT2D eigenvalue weighted by Gasteiger charge is -2.43. The molecule has 3 saturated heterocycles. The molecule has 184 valence electrons. The van der Waals surface area contributed by atoms with Crippen molar-refractivity contribution in [2.24, 2.45) is 11.8 Å². The monoisotopic (exact) mass is 478 g/mol. The molecule has 0 aromatic rings. The number of carbonyl (C=O) groups is 3. The maximum Gasteiger partial charge on any atom is 0.311 e. The average molecular weight is 479 g/mol. The van der Waals surface area contributed by atoms with Crippen LogP contribution in [0.2, 0.25) is 0 Å². The van der Waals surface area contributed by atoms with Crippen LogP contribution in [0.3, 0.4) is 0 Å². The third-order valence-electron chi connectivity index (χ3n) is 7.40. The van der Waals surface area contributed by atoms with Crippen molar-refractivity contribution in [1.29, 1.82) is 0 Å². The van der Waals surface area contributed by atoms with Gasteiger partial charge in [-0.05, 0) is 53.9 Å². The van der Waals surface area contributed by atoms with E-state index in [1.165, 1.54) is 0 Å². The van der Waals surface area contributed by atoms with Gasteiger partial charge in [0.1, 0.15) is 6.04 Å². The van der Waals surface area contributed by atoms with Crippen molar-refractivity contribution in [2.75, 3.05) is 19.8 Å². The molecular formula is C25H38N2O5S. The van der Waals surface area contributed by atoms with Crippen LogP contribution >= 0.6 is 11.8 Å². The van der Waals surface area contributed by atoms with Gasteiger partial charge in [-0.15, -0.1) is 24.9 Å². The second-order valence-electron chi connectivity index (χ2n) is 10.7. The van der Waals surface area contributed by atoms with Crippen LogP contribution in [0.15, 0.2) is 25.3 Å². The van der Waals surface area contributed by atoms with Crippen LogP contribution in [0.25, 0.3) is 0 Å². The van der Waals surface area contributed by atoms with E-state index in [9.17, 15) is 19.5 Å². The molecule has 0 aromatic carbocycles. The van der Waals surface area contributed by atoms with E-state index < -0.39 is 39.0 Å². The van der Waals surface area contributed by atoms with Crippen LogP contribution in [-0.4, -0.2) is 79.6 Å². The summed E-state index contributed by atoms with van der Waals surface area (Å²) in [6, 6.07) is -1.30. The molecule has 0 saturated carbocycles. The Morgan fingerprint density at radius 2 is 2.00 bits per heavy atom. The molecule has 6 atom stereocenters. The van der Waals surface area contributed by atoms with E-state index in [4.69, 9.17) is 4.74 Å². The lowest BCUT2D eigenvalue weighted by molar-refractivity contribution is -0.156. The Bertz CT molecular complexity index is 839. The number of hydrogen-bond acceptors (Lipinski definition) is 6. The van der Waals surface area contributed by atoms with E-state index in [2.05, 4.69) is 13.2 Å². The molecular weight excluding hydrogens is 440 g/mol. The van der Waals surface area contributed by atoms with Gasteiger partial charge in [-0.1, -0.05) is 12.2 Å². The van der Waals surface area contributed by atoms with Crippen molar-refractivity contribution in [2.45, 2.75) is 81.0 Å². The first kappa shape index (κ1) is 25.8. The number of aliphatic hydroxyl groups excluding tert-OH is 1. The van der Waals surface area contributed by atoms with E-state index in [-0.39, 0.29) is 31.0 Å². The number of ether oxygens (including phenoxy) is 1.